The van der Waals surface area contributed by atoms with Crippen LogP contribution in [0.2, 0.25) is 0 Å². The maximum absolute atomic E-state index is 12.6. The van der Waals surface area contributed by atoms with E-state index >= 15 is 0 Å². The van der Waals surface area contributed by atoms with Gasteiger partial charge in [-0.05, 0) is 55.8 Å². The van der Waals surface area contributed by atoms with E-state index in [1.165, 1.54) is 0 Å². The number of nitrogens with one attached hydrogen (secondary N) is 2. The predicted molar refractivity (Wildman–Crippen MR) is 109 cm³/mol. The van der Waals surface area contributed by atoms with Crippen LogP contribution in [0.3, 0.4) is 0 Å². The molecular weight excluding hydrogens is 360 g/mol. The molecule has 0 radical (unpaired) electrons. The first-order chi connectivity index (χ1) is 12.7. The lowest BCUT2D eigenvalue weighted by Crippen LogP contribution is -2.32. The normalized spacial score (nSPS) is 12.5. The lowest BCUT2D eigenvalue weighted by atomic mass is 10.0. The molecule has 0 bridgehead atoms. The second kappa shape index (κ2) is 9.04. The average molecular weight is 389 g/mol. The minimum absolute atomic E-state index is 0.00832. The Kier molecular flexibility index (Phi) is 7.02. The molecule has 5 nitrogen and oxygen atoms in total. The van der Waals surface area contributed by atoms with Gasteiger partial charge in [0.15, 0.2) is 0 Å². The third kappa shape index (κ3) is 6.71. The van der Waals surface area contributed by atoms with Crippen LogP contribution in [-0.4, -0.2) is 17.6 Å². The van der Waals surface area contributed by atoms with Crippen LogP contribution in [0.5, 0.6) is 0 Å². The lowest BCUT2D eigenvalue weighted by Gasteiger charge is -2.21. The fourth-order valence-corrected chi connectivity index (χ4v) is 3.47. The maximum atomic E-state index is 12.6. The van der Waals surface area contributed by atoms with Gasteiger partial charge >= 0.3 is 6.09 Å². The van der Waals surface area contributed by atoms with Gasteiger partial charge in [-0.2, -0.15) is 0 Å². The van der Waals surface area contributed by atoms with Gasteiger partial charge in [0.2, 0.25) is 0 Å². The third-order valence-electron chi connectivity index (χ3n) is 3.85. The van der Waals surface area contributed by atoms with E-state index in [4.69, 9.17) is 4.74 Å². The number of amides is 2. The van der Waals surface area contributed by atoms with Gasteiger partial charge < -0.3 is 15.4 Å². The summed E-state index contributed by atoms with van der Waals surface area (Å²) in [7, 11) is 0. The zero-order valence-electron chi connectivity index (χ0n) is 16.5. The van der Waals surface area contributed by atoms with Gasteiger partial charge in [-0.1, -0.05) is 32.0 Å². The van der Waals surface area contributed by atoms with Crippen LogP contribution in [0.4, 0.5) is 4.79 Å². The Morgan fingerprint density at radius 2 is 1.78 bits per heavy atom. The molecule has 1 aromatic heterocycles. The van der Waals surface area contributed by atoms with Crippen molar-refractivity contribution < 1.29 is 14.3 Å². The monoisotopic (exact) mass is 388 g/mol. The Balaban J connectivity index is 1.94. The van der Waals surface area contributed by atoms with Crippen molar-refractivity contribution in [2.45, 2.75) is 52.8 Å². The Labute approximate surface area is 165 Å². The van der Waals surface area contributed by atoms with E-state index in [0.717, 1.165) is 10.4 Å². The molecule has 0 aliphatic heterocycles. The summed E-state index contributed by atoms with van der Waals surface area (Å²) in [5, 5.41) is 7.84. The summed E-state index contributed by atoms with van der Waals surface area (Å²) in [6, 6.07) is 11.2. The van der Waals surface area contributed by atoms with E-state index in [1.807, 2.05) is 50.4 Å². The van der Waals surface area contributed by atoms with Crippen LogP contribution in [0, 0.1) is 5.92 Å². The molecule has 0 aliphatic rings. The number of benzene rings is 1. The van der Waals surface area contributed by atoms with Crippen LogP contribution in [0.15, 0.2) is 41.8 Å². The summed E-state index contributed by atoms with van der Waals surface area (Å²) < 4.78 is 5.21. The van der Waals surface area contributed by atoms with Gasteiger partial charge in [-0.15, -0.1) is 11.3 Å². The van der Waals surface area contributed by atoms with Crippen molar-refractivity contribution in [1.29, 1.82) is 0 Å². The fraction of sp³-hybridized carbons (Fsp3) is 0.429. The minimum Gasteiger partial charge on any atom is -0.444 e. The van der Waals surface area contributed by atoms with E-state index < -0.39 is 11.7 Å². The molecule has 146 valence electrons. The van der Waals surface area contributed by atoms with Crippen molar-refractivity contribution in [1.82, 2.24) is 10.6 Å². The average Bonchev–Trinajstić information content (AvgIpc) is 3.10. The first kappa shape index (κ1) is 21.0. The standard InChI is InChI=1S/C21H28N2O3S/c1-14(2)18(17-7-6-12-27-17)23-19(24)16-10-8-15(9-11-16)13-22-20(25)26-21(3,4)5/h6-12,14,18H,13H2,1-5H3,(H,22,25)(H,23,24)/t18-/m1/s1. The summed E-state index contributed by atoms with van der Waals surface area (Å²) >= 11 is 1.65. The summed E-state index contributed by atoms with van der Waals surface area (Å²) in [5.41, 5.74) is 0.968. The molecule has 27 heavy (non-hydrogen) atoms. The van der Waals surface area contributed by atoms with E-state index in [2.05, 4.69) is 24.5 Å². The van der Waals surface area contributed by atoms with Crippen molar-refractivity contribution in [2.75, 3.05) is 0 Å². The van der Waals surface area contributed by atoms with Crippen LogP contribution in [-0.2, 0) is 11.3 Å². The zero-order chi connectivity index (χ0) is 20.0. The second-order valence-corrected chi connectivity index (χ2v) is 8.74. The summed E-state index contributed by atoms with van der Waals surface area (Å²) in [6.07, 6.45) is -0.458. The van der Waals surface area contributed by atoms with Crippen LogP contribution >= 0.6 is 11.3 Å². The Morgan fingerprint density at radius 1 is 1.11 bits per heavy atom. The summed E-state index contributed by atoms with van der Waals surface area (Å²) in [5.74, 6) is 0.193. The Morgan fingerprint density at radius 3 is 2.30 bits per heavy atom. The summed E-state index contributed by atoms with van der Waals surface area (Å²) in [4.78, 5) is 25.5. The van der Waals surface area contributed by atoms with E-state index in [9.17, 15) is 9.59 Å². The molecule has 2 N–H and O–H groups in total. The fourth-order valence-electron chi connectivity index (χ4n) is 2.52. The molecule has 2 amide bonds. The quantitative estimate of drug-likeness (QED) is 0.739. The van der Waals surface area contributed by atoms with Gasteiger partial charge in [0, 0.05) is 17.0 Å². The molecule has 0 aliphatic carbocycles. The number of ether oxygens (including phenoxy) is 1. The molecule has 1 atom stereocenters. The number of rotatable bonds is 6. The van der Waals surface area contributed by atoms with Gasteiger partial charge in [0.25, 0.3) is 5.91 Å². The van der Waals surface area contributed by atoms with Gasteiger partial charge in [-0.3, -0.25) is 4.79 Å². The zero-order valence-corrected chi connectivity index (χ0v) is 17.4. The highest BCUT2D eigenvalue weighted by molar-refractivity contribution is 7.10. The highest BCUT2D eigenvalue weighted by Gasteiger charge is 2.20. The second-order valence-electron chi connectivity index (χ2n) is 7.76. The van der Waals surface area contributed by atoms with Crippen molar-refractivity contribution in [2.24, 2.45) is 5.92 Å². The Hall–Kier alpha value is -2.34. The number of thiophene rings is 1. The predicted octanol–water partition coefficient (Wildman–Crippen LogP) is 4.90. The number of alkyl carbamates (subject to hydrolysis) is 1. The Bertz CT molecular complexity index is 747. The van der Waals surface area contributed by atoms with Crippen molar-refractivity contribution in [3.63, 3.8) is 0 Å². The van der Waals surface area contributed by atoms with Crippen molar-refractivity contribution >= 4 is 23.3 Å². The number of carbonyl (C=O) groups is 2. The summed E-state index contributed by atoms with van der Waals surface area (Å²) in [6.45, 7) is 9.99. The molecular formula is C21H28N2O3S. The minimum atomic E-state index is -0.526. The number of hydrogen-bond donors (Lipinski definition) is 2. The molecule has 2 rings (SSSR count). The van der Waals surface area contributed by atoms with Crippen LogP contribution in [0.1, 0.15) is 61.5 Å². The van der Waals surface area contributed by atoms with Crippen LogP contribution < -0.4 is 10.6 Å². The van der Waals surface area contributed by atoms with Crippen molar-refractivity contribution in [3.8, 4) is 0 Å². The first-order valence-corrected chi connectivity index (χ1v) is 9.94. The lowest BCUT2D eigenvalue weighted by molar-refractivity contribution is 0.0523. The molecule has 0 saturated heterocycles. The van der Waals surface area contributed by atoms with Crippen molar-refractivity contribution in [3.05, 3.63) is 57.8 Å². The van der Waals surface area contributed by atoms with Gasteiger partial charge in [-0.25, -0.2) is 4.79 Å². The molecule has 0 spiro atoms. The number of carbonyl (C=O) groups excluding carboxylic acids is 2. The smallest absolute Gasteiger partial charge is 0.407 e. The van der Waals surface area contributed by atoms with Gasteiger partial charge in [0.1, 0.15) is 5.60 Å². The van der Waals surface area contributed by atoms with E-state index in [-0.39, 0.29) is 11.9 Å². The highest BCUT2D eigenvalue weighted by atomic mass is 32.1. The topological polar surface area (TPSA) is 67.4 Å². The molecule has 6 heteroatoms. The SMILES string of the molecule is CC(C)[C@@H](NC(=O)c1ccc(CNC(=O)OC(C)(C)C)cc1)c1cccs1. The largest absolute Gasteiger partial charge is 0.444 e. The third-order valence-corrected chi connectivity index (χ3v) is 4.81. The maximum Gasteiger partial charge on any atom is 0.407 e. The van der Waals surface area contributed by atoms with Gasteiger partial charge in [0.05, 0.1) is 6.04 Å². The van der Waals surface area contributed by atoms with E-state index in [0.29, 0.717) is 18.0 Å². The highest BCUT2D eigenvalue weighted by Crippen LogP contribution is 2.26. The molecule has 2 aromatic rings. The van der Waals surface area contributed by atoms with Crippen LogP contribution in [0.25, 0.3) is 0 Å². The number of hydrogen-bond acceptors (Lipinski definition) is 4. The first-order valence-electron chi connectivity index (χ1n) is 9.06. The molecule has 1 aromatic carbocycles. The molecule has 0 unspecified atom stereocenters. The van der Waals surface area contributed by atoms with E-state index in [1.54, 1.807) is 23.5 Å². The molecule has 0 fully saturated rings. The molecule has 0 saturated carbocycles. The molecule has 1 heterocycles.